The minimum absolute atomic E-state index is 0.0134. The monoisotopic (exact) mass is 897 g/mol. The van der Waals surface area contributed by atoms with Gasteiger partial charge in [-0.3, -0.25) is 50.0 Å². The molecule has 12 N–H and O–H groups in total. The largest absolute Gasteiger partial charge is 0.361 e. The molecule has 0 radical (unpaired) electrons. The number of nitrogens with one attached hydrogen (secondary N) is 8. The molecule has 3 heterocycles. The van der Waals surface area contributed by atoms with Crippen molar-refractivity contribution in [3.05, 3.63) is 71.9 Å². The van der Waals surface area contributed by atoms with Crippen LogP contribution in [-0.2, 0) is 46.4 Å². The predicted octanol–water partition coefficient (Wildman–Crippen LogP) is -0.597. The highest BCUT2D eigenvalue weighted by Gasteiger charge is 2.40. The molecule has 65 heavy (non-hydrogen) atoms. The maximum Gasteiger partial charge on any atom is 0.338 e. The topological polar surface area (TPSA) is 277 Å². The molecule has 350 valence electrons. The summed E-state index contributed by atoms with van der Waals surface area (Å²) in [5.41, 5.74) is 13.7. The molecule has 6 rings (SSSR count). The average Bonchev–Trinajstić information content (AvgIpc) is 3.95. The summed E-state index contributed by atoms with van der Waals surface area (Å²) in [6.07, 6.45) is 9.01. The van der Waals surface area contributed by atoms with Crippen molar-refractivity contribution in [3.63, 3.8) is 0 Å². The number of carbonyl (C=O) groups excluding carboxylic acids is 7. The lowest BCUT2D eigenvalue weighted by Crippen LogP contribution is -2.78. The standard InChI is InChI=1S/C47H65N11O7/c1-29(59)53-37(25-30-13-4-2-5-14-30)42(61)55-36-20-11-22-50-41(60)35(19-10-23-51-47(48)49)54-44(63)39(27-32-28-52-34-18-9-8-17-33(32)34)56-43(62)38(26-31-15-6-3-7-16-31)57-45(64)40-21-12-24-58(40)46(36)65/h2,4-5,8-9,13-14,17-18,28,31,35-40,52H,3,6-7,10-12,15-16,19-27H2,1H3,(H,50,60)(H,53,59)(H,54,63)(H,55,61)(H,56,62)(H,57,64)(H4,48,49,51)/p+1/t35-,36-,37?,38+,39-,40-/m0/s1. The number of nitrogens with zero attached hydrogens (tertiary/aromatic N) is 1. The maximum atomic E-state index is 14.6. The fraction of sp³-hybridized carbons (Fsp3) is 0.532. The van der Waals surface area contributed by atoms with Gasteiger partial charge in [-0.1, -0.05) is 80.6 Å². The number of benzene rings is 2. The second-order valence-electron chi connectivity index (χ2n) is 17.6. The molecule has 0 spiro atoms. The van der Waals surface area contributed by atoms with Gasteiger partial charge in [0.05, 0.1) is 6.54 Å². The number of nitrogens with two attached hydrogens (primary N) is 2. The quantitative estimate of drug-likeness (QED) is 0.0596. The number of guanidine groups is 1. The highest BCUT2D eigenvalue weighted by atomic mass is 16.2. The SMILES string of the molecule is CC(=O)NC(Cc1ccccc1)C(=O)N[C@H]1CCCNC(=O)[C@H](CCC[NH+]=C(N)N)NC(=O)[C@H](Cc2c[nH]c3ccccc23)NC(=O)[C@@H](CC2CCCCC2)NC(=O)[C@@H]2CCCN2C1=O. The third-order valence-corrected chi connectivity index (χ3v) is 12.7. The second-order valence-corrected chi connectivity index (χ2v) is 17.6. The van der Waals surface area contributed by atoms with Crippen LogP contribution in [0.1, 0.15) is 95.1 Å². The average molecular weight is 897 g/mol. The third kappa shape index (κ3) is 13.8. The van der Waals surface area contributed by atoms with E-state index in [4.69, 9.17) is 11.5 Å². The minimum atomic E-state index is -1.13. The molecule has 3 aromatic rings. The van der Waals surface area contributed by atoms with Crippen molar-refractivity contribution in [2.45, 2.75) is 133 Å². The first kappa shape index (κ1) is 48.0. The normalized spacial score (nSPS) is 23.4. The highest BCUT2D eigenvalue weighted by molar-refractivity contribution is 5.98. The third-order valence-electron chi connectivity index (χ3n) is 12.7. The Morgan fingerprint density at radius 1 is 0.800 bits per heavy atom. The lowest BCUT2D eigenvalue weighted by atomic mass is 9.84. The summed E-state index contributed by atoms with van der Waals surface area (Å²) in [6, 6.07) is 10.5. The van der Waals surface area contributed by atoms with Crippen molar-refractivity contribution >= 4 is 58.2 Å². The molecule has 0 bridgehead atoms. The van der Waals surface area contributed by atoms with Gasteiger partial charge in [0.2, 0.25) is 41.4 Å². The van der Waals surface area contributed by atoms with E-state index in [1.807, 2.05) is 54.6 Å². The number of carbonyl (C=O) groups is 7. The van der Waals surface area contributed by atoms with Crippen LogP contribution in [0.15, 0.2) is 60.8 Å². The van der Waals surface area contributed by atoms with Crippen LogP contribution < -0.4 is 48.4 Å². The van der Waals surface area contributed by atoms with Crippen LogP contribution in [0.3, 0.4) is 0 Å². The molecule has 2 aromatic carbocycles. The van der Waals surface area contributed by atoms with E-state index in [1.54, 1.807) is 6.20 Å². The number of fused-ring (bicyclic) bond motifs is 2. The van der Waals surface area contributed by atoms with E-state index >= 15 is 0 Å². The number of para-hydroxylation sites is 1. The van der Waals surface area contributed by atoms with Crippen molar-refractivity contribution in [1.29, 1.82) is 0 Å². The molecular weight excluding hydrogens is 831 g/mol. The van der Waals surface area contributed by atoms with Gasteiger partial charge in [0.15, 0.2) is 0 Å². The lowest BCUT2D eigenvalue weighted by molar-refractivity contribution is -0.459. The summed E-state index contributed by atoms with van der Waals surface area (Å²) in [6.45, 7) is 1.96. The first-order chi connectivity index (χ1) is 31.4. The Labute approximate surface area is 379 Å². The molecule has 1 unspecified atom stereocenters. The van der Waals surface area contributed by atoms with Crippen LogP contribution >= 0.6 is 0 Å². The van der Waals surface area contributed by atoms with E-state index < -0.39 is 77.6 Å². The molecule has 2 saturated heterocycles. The van der Waals surface area contributed by atoms with Gasteiger partial charge in [-0.25, -0.2) is 0 Å². The molecule has 1 aromatic heterocycles. The van der Waals surface area contributed by atoms with E-state index in [0.717, 1.165) is 54.1 Å². The van der Waals surface area contributed by atoms with Crippen LogP contribution in [0, 0.1) is 5.92 Å². The van der Waals surface area contributed by atoms with Crippen molar-refractivity contribution in [2.75, 3.05) is 19.6 Å². The number of rotatable bonds is 13. The fourth-order valence-electron chi connectivity index (χ4n) is 9.32. The van der Waals surface area contributed by atoms with Gasteiger partial charge in [-0.2, -0.15) is 0 Å². The molecular formula is C47H66N11O7+. The van der Waals surface area contributed by atoms with Gasteiger partial charge in [0.25, 0.3) is 0 Å². The van der Waals surface area contributed by atoms with E-state index in [0.29, 0.717) is 32.2 Å². The Hall–Kier alpha value is -6.46. The predicted molar refractivity (Wildman–Crippen MR) is 244 cm³/mol. The molecule has 6 atom stereocenters. The first-order valence-electron chi connectivity index (χ1n) is 23.1. The molecule has 3 fully saturated rings. The molecule has 2 aliphatic heterocycles. The number of aromatic amines is 1. The van der Waals surface area contributed by atoms with E-state index in [9.17, 15) is 33.6 Å². The van der Waals surface area contributed by atoms with Gasteiger partial charge < -0.3 is 41.8 Å². The van der Waals surface area contributed by atoms with Gasteiger partial charge in [-0.15, -0.1) is 0 Å². The van der Waals surface area contributed by atoms with Crippen molar-refractivity contribution < 1.29 is 38.6 Å². The van der Waals surface area contributed by atoms with Crippen molar-refractivity contribution in [2.24, 2.45) is 17.4 Å². The molecule has 7 amide bonds. The van der Waals surface area contributed by atoms with Crippen LogP contribution in [0.5, 0.6) is 0 Å². The van der Waals surface area contributed by atoms with Crippen LogP contribution in [0.2, 0.25) is 0 Å². The number of aromatic nitrogens is 1. The van der Waals surface area contributed by atoms with Gasteiger partial charge >= 0.3 is 5.96 Å². The molecule has 1 saturated carbocycles. The number of H-pyrrole nitrogens is 1. The first-order valence-corrected chi connectivity index (χ1v) is 23.1. The molecule has 3 aliphatic rings. The van der Waals surface area contributed by atoms with E-state index in [1.165, 1.54) is 11.8 Å². The Bertz CT molecular complexity index is 2170. The van der Waals surface area contributed by atoms with Crippen LogP contribution in [-0.4, -0.2) is 113 Å². The van der Waals surface area contributed by atoms with Crippen LogP contribution in [0.25, 0.3) is 10.9 Å². The van der Waals surface area contributed by atoms with E-state index in [2.05, 4.69) is 41.9 Å². The Balaban J connectivity index is 1.31. The van der Waals surface area contributed by atoms with Crippen molar-refractivity contribution in [3.8, 4) is 0 Å². The maximum absolute atomic E-state index is 14.6. The number of hydrogen-bond acceptors (Lipinski definition) is 7. The van der Waals surface area contributed by atoms with Gasteiger partial charge in [0, 0.05) is 50.0 Å². The Kier molecular flexibility index (Phi) is 17.3. The lowest BCUT2D eigenvalue weighted by Gasteiger charge is -2.32. The smallest absolute Gasteiger partial charge is 0.338 e. The van der Waals surface area contributed by atoms with E-state index in [-0.39, 0.29) is 57.1 Å². The molecule has 18 heteroatoms. The second kappa shape index (κ2) is 23.5. The molecule has 1 aliphatic carbocycles. The highest BCUT2D eigenvalue weighted by Crippen LogP contribution is 2.28. The molecule has 18 nitrogen and oxygen atoms in total. The minimum Gasteiger partial charge on any atom is -0.361 e. The number of amides is 7. The summed E-state index contributed by atoms with van der Waals surface area (Å²) in [4.78, 5) is 106. The van der Waals surface area contributed by atoms with Gasteiger partial charge in [0.1, 0.15) is 36.3 Å². The Morgan fingerprint density at radius 3 is 2.26 bits per heavy atom. The zero-order valence-electron chi connectivity index (χ0n) is 37.3. The zero-order chi connectivity index (χ0) is 46.3. The summed E-state index contributed by atoms with van der Waals surface area (Å²) in [5, 5.41) is 18.2. The zero-order valence-corrected chi connectivity index (χ0v) is 37.3. The summed E-state index contributed by atoms with van der Waals surface area (Å²) >= 11 is 0. The van der Waals surface area contributed by atoms with Crippen LogP contribution in [0.4, 0.5) is 0 Å². The Morgan fingerprint density at radius 2 is 1.51 bits per heavy atom. The van der Waals surface area contributed by atoms with Gasteiger partial charge in [-0.05, 0) is 68.1 Å². The summed E-state index contributed by atoms with van der Waals surface area (Å²) < 4.78 is 0. The summed E-state index contributed by atoms with van der Waals surface area (Å²) in [7, 11) is 0. The van der Waals surface area contributed by atoms with Crippen molar-refractivity contribution in [1.82, 2.24) is 41.8 Å². The fourth-order valence-corrected chi connectivity index (χ4v) is 9.32. The number of hydrogen-bond donors (Lipinski definition) is 10. The summed E-state index contributed by atoms with van der Waals surface area (Å²) in [5.74, 6) is -3.42.